The summed E-state index contributed by atoms with van der Waals surface area (Å²) in [6.45, 7) is 0.744. The molecule has 0 aromatic rings. The van der Waals surface area contributed by atoms with Crippen LogP contribution in [0, 0.1) is 0 Å². The van der Waals surface area contributed by atoms with Crippen molar-refractivity contribution in [3.63, 3.8) is 0 Å². The summed E-state index contributed by atoms with van der Waals surface area (Å²) in [6.07, 6.45) is 6.89. The number of carbonyl (C=O) groups excluding carboxylic acids is 1. The van der Waals surface area contributed by atoms with Crippen LogP contribution < -0.4 is 0 Å². The molecule has 0 aromatic heterocycles. The maximum Gasteiger partial charge on any atom is 0.149 e. The molecular weight excluding hydrogens is 182 g/mol. The van der Waals surface area contributed by atoms with Crippen molar-refractivity contribution < 1.29 is 9.53 Å². The van der Waals surface area contributed by atoms with E-state index in [1.165, 1.54) is 0 Å². The Labute approximate surface area is 81.7 Å². The molecule has 0 heterocycles. The predicted molar refractivity (Wildman–Crippen MR) is 51.7 cm³/mol. The second kappa shape index (κ2) is 5.96. The second-order valence-corrected chi connectivity index (χ2v) is 2.78. The van der Waals surface area contributed by atoms with Gasteiger partial charge >= 0.3 is 0 Å². The van der Waals surface area contributed by atoms with Crippen LogP contribution in [0.3, 0.4) is 0 Å². The zero-order valence-electron chi connectivity index (χ0n) is 7.67. The minimum absolute atomic E-state index is 0.00686. The number of allylic oxidation sites excluding steroid dienone is 2. The van der Waals surface area contributed by atoms with Gasteiger partial charge in [0, 0.05) is 17.0 Å². The lowest BCUT2D eigenvalue weighted by molar-refractivity contribution is -0.104. The van der Waals surface area contributed by atoms with Gasteiger partial charge < -0.3 is 4.74 Å². The molecule has 5 nitrogen and oxygen atoms in total. The fourth-order valence-corrected chi connectivity index (χ4v) is 1.12. The summed E-state index contributed by atoms with van der Waals surface area (Å²) in [5.41, 5.74) is 8.69. The predicted octanol–water partition coefficient (Wildman–Crippen LogP) is 1.77. The number of carbonyl (C=O) groups is 1. The fourth-order valence-electron chi connectivity index (χ4n) is 1.12. The number of rotatable bonds is 5. The minimum atomic E-state index is -0.00686. The molecule has 1 unspecified atom stereocenters. The van der Waals surface area contributed by atoms with E-state index in [1.807, 2.05) is 12.2 Å². The van der Waals surface area contributed by atoms with Crippen LogP contribution in [-0.4, -0.2) is 25.5 Å². The lowest BCUT2D eigenvalue weighted by Gasteiger charge is -2.14. The SMILES string of the molecule is [N-]=[N+]=NCCOC1C=CC(C=O)=CC1. The van der Waals surface area contributed by atoms with E-state index in [2.05, 4.69) is 10.0 Å². The quantitative estimate of drug-likeness (QED) is 0.219. The van der Waals surface area contributed by atoms with E-state index in [9.17, 15) is 4.79 Å². The number of nitrogens with zero attached hydrogens (tertiary/aromatic N) is 3. The highest BCUT2D eigenvalue weighted by Gasteiger charge is 2.07. The normalized spacial score (nSPS) is 19.7. The minimum Gasteiger partial charge on any atom is -0.374 e. The Hall–Kier alpha value is -1.58. The van der Waals surface area contributed by atoms with Crippen molar-refractivity contribution in [3.8, 4) is 0 Å². The van der Waals surface area contributed by atoms with Gasteiger partial charge in [0.15, 0.2) is 0 Å². The molecule has 0 fully saturated rings. The molecule has 0 saturated heterocycles. The first-order chi connectivity index (χ1) is 6.86. The van der Waals surface area contributed by atoms with Gasteiger partial charge in [0.2, 0.25) is 0 Å². The molecule has 0 N–H and O–H groups in total. The molecule has 5 heteroatoms. The molecule has 0 radical (unpaired) electrons. The highest BCUT2D eigenvalue weighted by Crippen LogP contribution is 2.11. The first-order valence-corrected chi connectivity index (χ1v) is 4.33. The summed E-state index contributed by atoms with van der Waals surface area (Å²) >= 11 is 0. The highest BCUT2D eigenvalue weighted by atomic mass is 16.5. The van der Waals surface area contributed by atoms with Crippen LogP contribution in [0.2, 0.25) is 0 Å². The molecule has 0 saturated carbocycles. The van der Waals surface area contributed by atoms with Gasteiger partial charge in [-0.2, -0.15) is 0 Å². The Kier molecular flexibility index (Phi) is 4.47. The van der Waals surface area contributed by atoms with Crippen molar-refractivity contribution in [1.29, 1.82) is 0 Å². The van der Waals surface area contributed by atoms with Crippen LogP contribution in [0.1, 0.15) is 6.42 Å². The van der Waals surface area contributed by atoms with Crippen LogP contribution in [0.4, 0.5) is 0 Å². The molecule has 0 aliphatic heterocycles. The van der Waals surface area contributed by atoms with Gasteiger partial charge in [0.1, 0.15) is 6.29 Å². The maximum absolute atomic E-state index is 10.4. The van der Waals surface area contributed by atoms with E-state index in [0.717, 1.165) is 6.29 Å². The van der Waals surface area contributed by atoms with Crippen LogP contribution in [0.25, 0.3) is 10.4 Å². The number of azide groups is 1. The van der Waals surface area contributed by atoms with Crippen LogP contribution in [0.5, 0.6) is 0 Å². The first kappa shape index (κ1) is 10.5. The number of ether oxygens (including phenoxy) is 1. The molecule has 0 spiro atoms. The zero-order valence-corrected chi connectivity index (χ0v) is 7.67. The zero-order chi connectivity index (χ0) is 10.2. The summed E-state index contributed by atoms with van der Waals surface area (Å²) in [6, 6.07) is 0. The smallest absolute Gasteiger partial charge is 0.149 e. The Bertz CT molecular complexity index is 303. The number of aldehydes is 1. The largest absolute Gasteiger partial charge is 0.374 e. The molecule has 0 aromatic carbocycles. The van der Waals surface area contributed by atoms with Gasteiger partial charge in [-0.25, -0.2) is 0 Å². The Morgan fingerprint density at radius 1 is 1.79 bits per heavy atom. The average molecular weight is 193 g/mol. The van der Waals surface area contributed by atoms with E-state index in [0.29, 0.717) is 25.1 Å². The molecule has 1 atom stereocenters. The average Bonchev–Trinajstić information content (AvgIpc) is 2.25. The van der Waals surface area contributed by atoms with Gasteiger partial charge in [-0.05, 0) is 12.0 Å². The third kappa shape index (κ3) is 3.43. The first-order valence-electron chi connectivity index (χ1n) is 4.33. The van der Waals surface area contributed by atoms with E-state index in [4.69, 9.17) is 10.3 Å². The molecule has 1 aliphatic carbocycles. The monoisotopic (exact) mass is 193 g/mol. The van der Waals surface area contributed by atoms with Gasteiger partial charge in [0.25, 0.3) is 0 Å². The van der Waals surface area contributed by atoms with Crippen LogP contribution >= 0.6 is 0 Å². The van der Waals surface area contributed by atoms with Crippen molar-refractivity contribution in [2.45, 2.75) is 12.5 Å². The summed E-state index contributed by atoms with van der Waals surface area (Å²) < 4.78 is 5.37. The van der Waals surface area contributed by atoms with Gasteiger partial charge in [0.05, 0.1) is 12.7 Å². The Morgan fingerprint density at radius 2 is 2.64 bits per heavy atom. The van der Waals surface area contributed by atoms with E-state index >= 15 is 0 Å². The molecule has 0 amide bonds. The van der Waals surface area contributed by atoms with E-state index < -0.39 is 0 Å². The van der Waals surface area contributed by atoms with Gasteiger partial charge in [-0.1, -0.05) is 23.3 Å². The van der Waals surface area contributed by atoms with Crippen LogP contribution in [-0.2, 0) is 9.53 Å². The van der Waals surface area contributed by atoms with Crippen molar-refractivity contribution in [3.05, 3.63) is 34.2 Å². The van der Waals surface area contributed by atoms with E-state index in [1.54, 1.807) is 6.08 Å². The molecule has 74 valence electrons. The lowest BCUT2D eigenvalue weighted by Crippen LogP contribution is -2.13. The summed E-state index contributed by atoms with van der Waals surface area (Å²) in [5, 5.41) is 3.35. The van der Waals surface area contributed by atoms with Gasteiger partial charge in [-0.3, -0.25) is 4.79 Å². The third-order valence-corrected chi connectivity index (χ3v) is 1.81. The fraction of sp³-hybridized carbons (Fsp3) is 0.444. The molecular formula is C9H11N3O2. The van der Waals surface area contributed by atoms with Crippen molar-refractivity contribution in [2.75, 3.05) is 13.2 Å². The van der Waals surface area contributed by atoms with E-state index in [-0.39, 0.29) is 6.10 Å². The summed E-state index contributed by atoms with van der Waals surface area (Å²) in [5.74, 6) is 0. The number of hydrogen-bond acceptors (Lipinski definition) is 3. The Balaban J connectivity index is 2.23. The van der Waals surface area contributed by atoms with Crippen LogP contribution in [0.15, 0.2) is 28.9 Å². The van der Waals surface area contributed by atoms with Crippen molar-refractivity contribution in [2.24, 2.45) is 5.11 Å². The Morgan fingerprint density at radius 3 is 3.21 bits per heavy atom. The highest BCUT2D eigenvalue weighted by molar-refractivity contribution is 5.77. The lowest BCUT2D eigenvalue weighted by atomic mass is 10.1. The summed E-state index contributed by atoms with van der Waals surface area (Å²) in [4.78, 5) is 13.0. The van der Waals surface area contributed by atoms with Crippen molar-refractivity contribution >= 4 is 6.29 Å². The third-order valence-electron chi connectivity index (χ3n) is 1.81. The van der Waals surface area contributed by atoms with Gasteiger partial charge in [-0.15, -0.1) is 0 Å². The topological polar surface area (TPSA) is 75.1 Å². The molecule has 1 aliphatic rings. The van der Waals surface area contributed by atoms with Crippen molar-refractivity contribution in [1.82, 2.24) is 0 Å². The molecule has 0 bridgehead atoms. The standard InChI is InChI=1S/C9H11N3O2/c10-12-11-5-6-14-9-3-1-8(7-13)2-4-9/h1-3,7,9H,4-6H2. The summed E-state index contributed by atoms with van der Waals surface area (Å²) in [7, 11) is 0. The molecule has 1 rings (SSSR count). The molecule has 14 heavy (non-hydrogen) atoms. The number of hydrogen-bond donors (Lipinski definition) is 0. The second-order valence-electron chi connectivity index (χ2n) is 2.78. The maximum atomic E-state index is 10.4.